The smallest absolute Gasteiger partial charge is 0.212 e. The second kappa shape index (κ2) is 4.93. The lowest BCUT2D eigenvalue weighted by molar-refractivity contribution is 0.102. The minimum absolute atomic E-state index is 0.00241. The van der Waals surface area contributed by atoms with E-state index in [4.69, 9.17) is 0 Å². The van der Waals surface area contributed by atoms with Crippen LogP contribution in [0.25, 0.3) is 0 Å². The van der Waals surface area contributed by atoms with Crippen molar-refractivity contribution < 1.29 is 4.79 Å². The van der Waals surface area contributed by atoms with Crippen LogP contribution in [-0.4, -0.2) is 15.6 Å². The number of aryl methyl sites for hydroxylation is 1. The van der Waals surface area contributed by atoms with E-state index in [0.717, 1.165) is 15.6 Å². The SMILES string of the molecule is Cn1ncc(Br)c1C(=O)c1ccccc1C(C)(C)C. The van der Waals surface area contributed by atoms with Gasteiger partial charge in [0.2, 0.25) is 5.78 Å². The van der Waals surface area contributed by atoms with Gasteiger partial charge in [-0.1, -0.05) is 45.0 Å². The summed E-state index contributed by atoms with van der Waals surface area (Å²) in [7, 11) is 1.78. The third-order valence-electron chi connectivity index (χ3n) is 3.09. The lowest BCUT2D eigenvalue weighted by atomic mass is 9.82. The van der Waals surface area contributed by atoms with E-state index < -0.39 is 0 Å². The van der Waals surface area contributed by atoms with E-state index >= 15 is 0 Å². The number of ketones is 1. The first-order valence-corrected chi connectivity index (χ1v) is 6.93. The molecule has 0 aliphatic heterocycles. The van der Waals surface area contributed by atoms with Crippen LogP contribution in [0.4, 0.5) is 0 Å². The Morgan fingerprint density at radius 1 is 1.26 bits per heavy atom. The Morgan fingerprint density at radius 3 is 2.42 bits per heavy atom. The van der Waals surface area contributed by atoms with E-state index in [0.29, 0.717) is 5.69 Å². The average molecular weight is 321 g/mol. The van der Waals surface area contributed by atoms with Gasteiger partial charge in [0.25, 0.3) is 0 Å². The molecule has 0 aliphatic carbocycles. The van der Waals surface area contributed by atoms with E-state index in [2.05, 4.69) is 41.8 Å². The van der Waals surface area contributed by atoms with Crippen molar-refractivity contribution in [3.05, 3.63) is 51.8 Å². The number of halogens is 1. The Morgan fingerprint density at radius 2 is 1.89 bits per heavy atom. The minimum Gasteiger partial charge on any atom is -0.287 e. The molecule has 0 atom stereocenters. The molecule has 19 heavy (non-hydrogen) atoms. The van der Waals surface area contributed by atoms with Crippen molar-refractivity contribution in [2.75, 3.05) is 0 Å². The van der Waals surface area contributed by atoms with E-state index in [1.807, 2.05) is 24.3 Å². The summed E-state index contributed by atoms with van der Waals surface area (Å²) in [5.41, 5.74) is 2.29. The zero-order valence-electron chi connectivity index (χ0n) is 11.6. The second-order valence-electron chi connectivity index (χ2n) is 5.59. The molecule has 0 radical (unpaired) electrons. The Bertz CT molecular complexity index is 604. The number of hydrogen-bond donors (Lipinski definition) is 0. The molecule has 100 valence electrons. The van der Waals surface area contributed by atoms with E-state index in [-0.39, 0.29) is 11.2 Å². The first kappa shape index (κ1) is 14.0. The molecule has 1 aromatic carbocycles. The molecule has 1 aromatic heterocycles. The molecule has 0 spiro atoms. The standard InChI is InChI=1S/C15H17BrN2O/c1-15(2,3)11-8-6-5-7-10(11)14(19)13-12(16)9-17-18(13)4/h5-9H,1-4H3. The van der Waals surface area contributed by atoms with Crippen LogP contribution >= 0.6 is 15.9 Å². The summed E-state index contributed by atoms with van der Waals surface area (Å²) in [6.07, 6.45) is 1.65. The Hall–Kier alpha value is -1.42. The minimum atomic E-state index is -0.0721. The van der Waals surface area contributed by atoms with Gasteiger partial charge in [0.1, 0.15) is 5.69 Å². The van der Waals surface area contributed by atoms with Crippen molar-refractivity contribution in [2.45, 2.75) is 26.2 Å². The van der Waals surface area contributed by atoms with E-state index in [1.54, 1.807) is 17.9 Å². The summed E-state index contributed by atoms with van der Waals surface area (Å²) in [5.74, 6) is -0.00241. The predicted octanol–water partition coefficient (Wildman–Crippen LogP) is 3.71. The van der Waals surface area contributed by atoms with Crippen LogP contribution in [0.5, 0.6) is 0 Å². The molecular weight excluding hydrogens is 304 g/mol. The molecule has 0 saturated heterocycles. The van der Waals surface area contributed by atoms with Gasteiger partial charge in [-0.3, -0.25) is 9.48 Å². The summed E-state index contributed by atoms with van der Waals surface area (Å²) in [5, 5.41) is 4.10. The van der Waals surface area contributed by atoms with Crippen LogP contribution < -0.4 is 0 Å². The predicted molar refractivity (Wildman–Crippen MR) is 79.5 cm³/mol. The zero-order chi connectivity index (χ0) is 14.2. The first-order valence-electron chi connectivity index (χ1n) is 6.14. The van der Waals surface area contributed by atoms with Crippen molar-refractivity contribution in [3.8, 4) is 0 Å². The summed E-state index contributed by atoms with van der Waals surface area (Å²) in [6.45, 7) is 6.33. The van der Waals surface area contributed by atoms with Gasteiger partial charge in [-0.05, 0) is 26.9 Å². The molecule has 3 nitrogen and oxygen atoms in total. The molecule has 2 aromatic rings. The molecule has 0 bridgehead atoms. The maximum Gasteiger partial charge on any atom is 0.212 e. The molecular formula is C15H17BrN2O. The number of nitrogens with zero attached hydrogens (tertiary/aromatic N) is 2. The highest BCUT2D eigenvalue weighted by molar-refractivity contribution is 9.10. The highest BCUT2D eigenvalue weighted by Gasteiger charge is 2.24. The van der Waals surface area contributed by atoms with Crippen molar-refractivity contribution >= 4 is 21.7 Å². The summed E-state index contributed by atoms with van der Waals surface area (Å²) in [4.78, 5) is 12.7. The molecule has 2 rings (SSSR count). The van der Waals surface area contributed by atoms with Crippen molar-refractivity contribution in [1.29, 1.82) is 0 Å². The lowest BCUT2D eigenvalue weighted by Gasteiger charge is -2.22. The van der Waals surface area contributed by atoms with Crippen LogP contribution in [0.2, 0.25) is 0 Å². The fourth-order valence-electron chi connectivity index (χ4n) is 2.13. The average Bonchev–Trinajstić information content (AvgIpc) is 2.67. The fraction of sp³-hybridized carbons (Fsp3) is 0.333. The van der Waals surface area contributed by atoms with Gasteiger partial charge < -0.3 is 0 Å². The molecule has 1 heterocycles. The lowest BCUT2D eigenvalue weighted by Crippen LogP contribution is -2.19. The van der Waals surface area contributed by atoms with Gasteiger partial charge in [0.05, 0.1) is 10.7 Å². The topological polar surface area (TPSA) is 34.9 Å². The summed E-state index contributed by atoms with van der Waals surface area (Å²) in [6, 6.07) is 7.75. The van der Waals surface area contributed by atoms with E-state index in [9.17, 15) is 4.79 Å². The van der Waals surface area contributed by atoms with E-state index in [1.165, 1.54) is 0 Å². The highest BCUT2D eigenvalue weighted by atomic mass is 79.9. The van der Waals surface area contributed by atoms with Gasteiger partial charge in [-0.15, -0.1) is 0 Å². The summed E-state index contributed by atoms with van der Waals surface area (Å²) >= 11 is 3.39. The molecule has 0 N–H and O–H groups in total. The third-order valence-corrected chi connectivity index (χ3v) is 3.67. The van der Waals surface area contributed by atoms with Crippen molar-refractivity contribution in [3.63, 3.8) is 0 Å². The van der Waals surface area contributed by atoms with Crippen molar-refractivity contribution in [2.24, 2.45) is 7.05 Å². The Kier molecular flexibility index (Phi) is 3.63. The van der Waals surface area contributed by atoms with Crippen molar-refractivity contribution in [1.82, 2.24) is 9.78 Å². The third kappa shape index (κ3) is 2.63. The van der Waals surface area contributed by atoms with Crippen LogP contribution in [0, 0.1) is 0 Å². The number of aromatic nitrogens is 2. The van der Waals surface area contributed by atoms with Crippen LogP contribution in [0.15, 0.2) is 34.9 Å². The molecule has 4 heteroatoms. The molecule has 0 fully saturated rings. The zero-order valence-corrected chi connectivity index (χ0v) is 13.2. The highest BCUT2D eigenvalue weighted by Crippen LogP contribution is 2.28. The molecule has 0 amide bonds. The normalized spacial score (nSPS) is 11.6. The molecule has 0 saturated carbocycles. The fourth-order valence-corrected chi connectivity index (χ4v) is 2.66. The number of rotatable bonds is 2. The number of benzene rings is 1. The van der Waals surface area contributed by atoms with Crippen LogP contribution in [0.1, 0.15) is 42.4 Å². The maximum absolute atomic E-state index is 12.7. The first-order chi connectivity index (χ1) is 8.82. The van der Waals surface area contributed by atoms with Crippen LogP contribution in [-0.2, 0) is 12.5 Å². The van der Waals surface area contributed by atoms with Gasteiger partial charge in [0, 0.05) is 12.6 Å². The number of hydrogen-bond acceptors (Lipinski definition) is 2. The number of carbonyl (C=O) groups is 1. The number of carbonyl (C=O) groups excluding carboxylic acids is 1. The van der Waals surface area contributed by atoms with Gasteiger partial charge in [0.15, 0.2) is 0 Å². The van der Waals surface area contributed by atoms with Gasteiger partial charge in [-0.25, -0.2) is 0 Å². The second-order valence-corrected chi connectivity index (χ2v) is 6.44. The van der Waals surface area contributed by atoms with Crippen LogP contribution in [0.3, 0.4) is 0 Å². The Balaban J connectivity index is 2.58. The molecule has 0 aliphatic rings. The van der Waals surface area contributed by atoms with Gasteiger partial charge >= 0.3 is 0 Å². The molecule has 0 unspecified atom stereocenters. The Labute approximate surface area is 121 Å². The van der Waals surface area contributed by atoms with Gasteiger partial charge in [-0.2, -0.15) is 5.10 Å². The quantitative estimate of drug-likeness (QED) is 0.790. The monoisotopic (exact) mass is 320 g/mol. The summed E-state index contributed by atoms with van der Waals surface area (Å²) < 4.78 is 2.33. The maximum atomic E-state index is 12.7. The largest absolute Gasteiger partial charge is 0.287 e.